The highest BCUT2D eigenvalue weighted by Gasteiger charge is 2.01. The maximum atomic E-state index is 8.75. The second-order valence-electron chi connectivity index (χ2n) is 3.88. The average Bonchev–Trinajstić information content (AvgIpc) is 2.42. The van der Waals surface area contributed by atoms with Gasteiger partial charge in [-0.3, -0.25) is 4.98 Å². The van der Waals surface area contributed by atoms with Crippen molar-refractivity contribution < 1.29 is 0 Å². The first-order valence-corrected chi connectivity index (χ1v) is 5.95. The zero-order chi connectivity index (χ0) is 12.8. The summed E-state index contributed by atoms with van der Waals surface area (Å²) in [6.45, 7) is 1.44. The van der Waals surface area contributed by atoms with Gasteiger partial charge in [0.05, 0.1) is 11.6 Å². The molecule has 0 spiro atoms. The van der Waals surface area contributed by atoms with Crippen molar-refractivity contribution >= 4 is 11.6 Å². The van der Waals surface area contributed by atoms with Crippen molar-refractivity contribution in [3.05, 3.63) is 64.4 Å². The van der Waals surface area contributed by atoms with Crippen molar-refractivity contribution in [2.45, 2.75) is 13.1 Å². The summed E-state index contributed by atoms with van der Waals surface area (Å²) >= 11 is 6.09. The lowest BCUT2D eigenvalue weighted by molar-refractivity contribution is 0.693. The number of hydrogen-bond donors (Lipinski definition) is 1. The van der Waals surface area contributed by atoms with Crippen molar-refractivity contribution in [2.24, 2.45) is 0 Å². The van der Waals surface area contributed by atoms with E-state index in [2.05, 4.69) is 16.4 Å². The van der Waals surface area contributed by atoms with Crippen molar-refractivity contribution in [1.29, 1.82) is 5.26 Å². The number of halogens is 1. The first-order valence-electron chi connectivity index (χ1n) is 5.58. The summed E-state index contributed by atoms with van der Waals surface area (Å²) in [5.41, 5.74) is 2.75. The Labute approximate surface area is 111 Å². The Morgan fingerprint density at radius 1 is 1.17 bits per heavy atom. The highest BCUT2D eigenvalue weighted by Crippen LogP contribution is 2.17. The molecule has 1 heterocycles. The van der Waals surface area contributed by atoms with Crippen LogP contribution < -0.4 is 5.32 Å². The number of benzene rings is 1. The molecule has 4 heteroatoms. The summed E-state index contributed by atoms with van der Waals surface area (Å²) in [6, 6.07) is 11.3. The third-order valence-corrected chi connectivity index (χ3v) is 2.93. The molecule has 0 unspecified atom stereocenters. The molecule has 18 heavy (non-hydrogen) atoms. The maximum Gasteiger partial charge on any atom is 0.0992 e. The van der Waals surface area contributed by atoms with Crippen LogP contribution in [0.1, 0.15) is 16.7 Å². The van der Waals surface area contributed by atoms with Crippen LogP contribution in [0.4, 0.5) is 0 Å². The molecule has 0 amide bonds. The Kier molecular flexibility index (Phi) is 4.30. The molecule has 0 saturated heterocycles. The average molecular weight is 258 g/mol. The topological polar surface area (TPSA) is 48.7 Å². The number of nitrogens with one attached hydrogen (secondary N) is 1. The lowest BCUT2D eigenvalue weighted by Crippen LogP contribution is -2.13. The SMILES string of the molecule is N#Cc1ccc(CNCc2ccncc2)c(Cl)c1. The fourth-order valence-electron chi connectivity index (χ4n) is 1.60. The molecule has 0 radical (unpaired) electrons. The number of nitrogens with zero attached hydrogens (tertiary/aromatic N) is 2. The standard InChI is InChI=1S/C14H12ClN3/c15-14-7-12(8-16)1-2-13(14)10-18-9-11-3-5-17-6-4-11/h1-7,18H,9-10H2. The molecule has 2 aromatic rings. The van der Waals surface area contributed by atoms with E-state index in [1.807, 2.05) is 18.2 Å². The first kappa shape index (κ1) is 12.6. The summed E-state index contributed by atoms with van der Waals surface area (Å²) in [6.07, 6.45) is 3.54. The highest BCUT2D eigenvalue weighted by atomic mass is 35.5. The van der Waals surface area contributed by atoms with Crippen molar-refractivity contribution in [1.82, 2.24) is 10.3 Å². The molecule has 0 atom stereocenters. The van der Waals surface area contributed by atoms with E-state index in [-0.39, 0.29) is 0 Å². The van der Waals surface area contributed by atoms with Crippen LogP contribution in [-0.2, 0) is 13.1 Å². The normalized spacial score (nSPS) is 10.0. The number of aromatic nitrogens is 1. The fraction of sp³-hybridized carbons (Fsp3) is 0.143. The summed E-state index contributed by atoms with van der Waals surface area (Å²) in [7, 11) is 0. The smallest absolute Gasteiger partial charge is 0.0992 e. The van der Waals surface area contributed by atoms with Gasteiger partial charge in [0.2, 0.25) is 0 Å². The van der Waals surface area contributed by atoms with Gasteiger partial charge in [0.15, 0.2) is 0 Å². The predicted molar refractivity (Wildman–Crippen MR) is 70.9 cm³/mol. The van der Waals surface area contributed by atoms with Gasteiger partial charge in [-0.05, 0) is 35.4 Å². The summed E-state index contributed by atoms with van der Waals surface area (Å²) in [5.74, 6) is 0. The van der Waals surface area contributed by atoms with Gasteiger partial charge in [-0.25, -0.2) is 0 Å². The molecule has 3 nitrogen and oxygen atoms in total. The van der Waals surface area contributed by atoms with Crippen LogP contribution in [0.15, 0.2) is 42.7 Å². The molecule has 0 aliphatic heterocycles. The summed E-state index contributed by atoms with van der Waals surface area (Å²) in [5, 5.41) is 12.7. The van der Waals surface area contributed by atoms with Crippen molar-refractivity contribution in [2.75, 3.05) is 0 Å². The third-order valence-electron chi connectivity index (χ3n) is 2.58. The van der Waals surface area contributed by atoms with E-state index in [0.717, 1.165) is 12.1 Å². The number of hydrogen-bond acceptors (Lipinski definition) is 3. The van der Waals surface area contributed by atoms with Gasteiger partial charge < -0.3 is 5.32 Å². The fourth-order valence-corrected chi connectivity index (χ4v) is 1.85. The second kappa shape index (κ2) is 6.15. The van der Waals surface area contributed by atoms with Gasteiger partial charge in [-0.2, -0.15) is 5.26 Å². The molecule has 0 bridgehead atoms. The minimum atomic E-state index is 0.581. The molecule has 1 aromatic carbocycles. The highest BCUT2D eigenvalue weighted by molar-refractivity contribution is 6.31. The Hall–Kier alpha value is -1.89. The number of pyridine rings is 1. The van der Waals surface area contributed by atoms with Crippen LogP contribution in [0.5, 0.6) is 0 Å². The summed E-state index contributed by atoms with van der Waals surface area (Å²) < 4.78 is 0. The van der Waals surface area contributed by atoms with Crippen LogP contribution >= 0.6 is 11.6 Å². The zero-order valence-corrected chi connectivity index (χ0v) is 10.5. The van der Waals surface area contributed by atoms with Crippen LogP contribution in [-0.4, -0.2) is 4.98 Å². The van der Waals surface area contributed by atoms with E-state index in [1.54, 1.807) is 24.5 Å². The zero-order valence-electron chi connectivity index (χ0n) is 9.73. The minimum absolute atomic E-state index is 0.581. The third kappa shape index (κ3) is 3.30. The molecule has 2 rings (SSSR count). The van der Waals surface area contributed by atoms with Crippen LogP contribution in [0.3, 0.4) is 0 Å². The van der Waals surface area contributed by atoms with E-state index in [9.17, 15) is 0 Å². The minimum Gasteiger partial charge on any atom is -0.309 e. The lowest BCUT2D eigenvalue weighted by atomic mass is 10.1. The maximum absolute atomic E-state index is 8.75. The Balaban J connectivity index is 1.93. The lowest BCUT2D eigenvalue weighted by Gasteiger charge is -2.07. The molecule has 0 fully saturated rings. The van der Waals surface area contributed by atoms with E-state index >= 15 is 0 Å². The van der Waals surface area contributed by atoms with Gasteiger partial charge >= 0.3 is 0 Å². The van der Waals surface area contributed by atoms with Gasteiger partial charge in [0.1, 0.15) is 0 Å². The van der Waals surface area contributed by atoms with E-state index in [1.165, 1.54) is 5.56 Å². The molecule has 90 valence electrons. The van der Waals surface area contributed by atoms with Gasteiger partial charge in [-0.1, -0.05) is 17.7 Å². The predicted octanol–water partition coefficient (Wildman–Crippen LogP) is 2.90. The molecule has 1 N–H and O–H groups in total. The first-order chi connectivity index (χ1) is 8.79. The molecule has 0 saturated carbocycles. The van der Waals surface area contributed by atoms with E-state index in [0.29, 0.717) is 17.1 Å². The Bertz CT molecular complexity index is 561. The number of rotatable bonds is 4. The van der Waals surface area contributed by atoms with Gasteiger partial charge in [0.25, 0.3) is 0 Å². The second-order valence-corrected chi connectivity index (χ2v) is 4.28. The monoisotopic (exact) mass is 257 g/mol. The number of nitriles is 1. The van der Waals surface area contributed by atoms with Crippen LogP contribution in [0.2, 0.25) is 5.02 Å². The van der Waals surface area contributed by atoms with Gasteiger partial charge in [0, 0.05) is 30.5 Å². The van der Waals surface area contributed by atoms with Crippen LogP contribution in [0, 0.1) is 11.3 Å². The molecule has 1 aromatic heterocycles. The summed E-state index contributed by atoms with van der Waals surface area (Å²) in [4.78, 5) is 3.97. The van der Waals surface area contributed by atoms with E-state index in [4.69, 9.17) is 16.9 Å². The van der Waals surface area contributed by atoms with Gasteiger partial charge in [-0.15, -0.1) is 0 Å². The van der Waals surface area contributed by atoms with Crippen molar-refractivity contribution in [3.63, 3.8) is 0 Å². The Morgan fingerprint density at radius 3 is 2.61 bits per heavy atom. The van der Waals surface area contributed by atoms with Crippen molar-refractivity contribution in [3.8, 4) is 6.07 Å². The molecule has 0 aliphatic carbocycles. The molecular weight excluding hydrogens is 246 g/mol. The molecule has 0 aliphatic rings. The molecular formula is C14H12ClN3. The largest absolute Gasteiger partial charge is 0.309 e. The quantitative estimate of drug-likeness (QED) is 0.916. The van der Waals surface area contributed by atoms with Crippen LogP contribution in [0.25, 0.3) is 0 Å². The van der Waals surface area contributed by atoms with E-state index < -0.39 is 0 Å². The Morgan fingerprint density at radius 2 is 1.94 bits per heavy atom.